The van der Waals surface area contributed by atoms with E-state index in [-0.39, 0.29) is 0 Å². The molecular weight excluding hydrogens is 158 g/mol. The van der Waals surface area contributed by atoms with Gasteiger partial charge in [0.2, 0.25) is 0 Å². The van der Waals surface area contributed by atoms with Gasteiger partial charge in [-0.1, -0.05) is 30.3 Å². The molecule has 0 saturated carbocycles. The van der Waals surface area contributed by atoms with Crippen LogP contribution in [0, 0.1) is 0 Å². The standard InChI is InChI=1S/C8H8NOS/c10-7-9-11-6-8-4-2-1-3-5-8/h1-5H,6H2,(H,9,10). The second-order valence-electron chi connectivity index (χ2n) is 1.98. The lowest BCUT2D eigenvalue weighted by molar-refractivity contribution is 0.554. The van der Waals surface area contributed by atoms with Crippen LogP contribution in [0.3, 0.4) is 0 Å². The summed E-state index contributed by atoms with van der Waals surface area (Å²) in [5.41, 5.74) is 1.19. The van der Waals surface area contributed by atoms with Crippen LogP contribution in [-0.2, 0) is 10.5 Å². The van der Waals surface area contributed by atoms with Gasteiger partial charge in [-0.3, -0.25) is 9.52 Å². The molecule has 0 saturated heterocycles. The summed E-state index contributed by atoms with van der Waals surface area (Å²) in [6.45, 7) is 0. The van der Waals surface area contributed by atoms with Gasteiger partial charge in [-0.15, -0.1) is 0 Å². The summed E-state index contributed by atoms with van der Waals surface area (Å²) in [4.78, 5) is 9.74. The molecule has 0 aromatic heterocycles. The molecule has 0 aliphatic carbocycles. The van der Waals surface area contributed by atoms with Crippen molar-refractivity contribution in [1.82, 2.24) is 4.72 Å². The molecule has 0 atom stereocenters. The maximum Gasteiger partial charge on any atom is 0.320 e. The lowest BCUT2D eigenvalue weighted by atomic mass is 10.2. The smallest absolute Gasteiger partial charge is 0.291 e. The van der Waals surface area contributed by atoms with Crippen molar-refractivity contribution in [2.75, 3.05) is 0 Å². The van der Waals surface area contributed by atoms with Gasteiger partial charge in [-0.25, -0.2) is 0 Å². The largest absolute Gasteiger partial charge is 0.320 e. The highest BCUT2D eigenvalue weighted by Crippen LogP contribution is 2.06. The fourth-order valence-electron chi connectivity index (χ4n) is 0.723. The summed E-state index contributed by atoms with van der Waals surface area (Å²) in [6, 6.07) is 9.94. The average Bonchev–Trinajstić information content (AvgIpc) is 2.07. The highest BCUT2D eigenvalue weighted by atomic mass is 32.2. The van der Waals surface area contributed by atoms with Crippen LogP contribution in [0.15, 0.2) is 30.3 Å². The van der Waals surface area contributed by atoms with Gasteiger partial charge < -0.3 is 0 Å². The van der Waals surface area contributed by atoms with E-state index in [1.807, 2.05) is 30.3 Å². The zero-order valence-electron chi connectivity index (χ0n) is 5.91. The molecular formula is C8H8NOS. The molecule has 1 N–H and O–H groups in total. The first-order valence-corrected chi connectivity index (χ1v) is 4.20. The maximum absolute atomic E-state index is 9.74. The first kappa shape index (κ1) is 8.14. The van der Waals surface area contributed by atoms with Crippen molar-refractivity contribution in [1.29, 1.82) is 0 Å². The Morgan fingerprint density at radius 2 is 2.09 bits per heavy atom. The van der Waals surface area contributed by atoms with Crippen molar-refractivity contribution >= 4 is 18.4 Å². The molecule has 1 rings (SSSR count). The van der Waals surface area contributed by atoms with Crippen molar-refractivity contribution in [3.05, 3.63) is 35.9 Å². The van der Waals surface area contributed by atoms with E-state index in [1.165, 1.54) is 17.5 Å². The number of carbonyl (C=O) groups excluding carboxylic acids is 1. The summed E-state index contributed by atoms with van der Waals surface area (Å²) < 4.78 is 2.41. The Balaban J connectivity index is 2.33. The van der Waals surface area contributed by atoms with E-state index < -0.39 is 0 Å². The average molecular weight is 166 g/mol. The van der Waals surface area contributed by atoms with E-state index in [9.17, 15) is 4.79 Å². The molecule has 1 radical (unpaired) electrons. The molecule has 3 heteroatoms. The van der Waals surface area contributed by atoms with E-state index in [2.05, 4.69) is 4.72 Å². The molecule has 2 nitrogen and oxygen atoms in total. The fourth-order valence-corrected chi connectivity index (χ4v) is 1.21. The highest BCUT2D eigenvalue weighted by Gasteiger charge is 1.89. The van der Waals surface area contributed by atoms with Gasteiger partial charge in [0, 0.05) is 5.75 Å². The topological polar surface area (TPSA) is 29.1 Å². The molecule has 57 valence electrons. The third kappa shape index (κ3) is 3.09. The second kappa shape index (κ2) is 4.79. The summed E-state index contributed by atoms with van der Waals surface area (Å²) >= 11 is 1.33. The Hall–Kier alpha value is -0.960. The van der Waals surface area contributed by atoms with Crippen LogP contribution in [0.1, 0.15) is 5.56 Å². The minimum absolute atomic E-state index is 0.788. The molecule has 0 unspecified atom stereocenters. The fraction of sp³-hybridized carbons (Fsp3) is 0.125. The summed E-state index contributed by atoms with van der Waals surface area (Å²) in [6.07, 6.45) is 1.60. The molecule has 11 heavy (non-hydrogen) atoms. The highest BCUT2D eigenvalue weighted by molar-refractivity contribution is 7.97. The van der Waals surface area contributed by atoms with Crippen LogP contribution in [0.5, 0.6) is 0 Å². The van der Waals surface area contributed by atoms with Crippen LogP contribution in [0.25, 0.3) is 0 Å². The van der Waals surface area contributed by atoms with Gasteiger partial charge in [0.1, 0.15) is 0 Å². The minimum Gasteiger partial charge on any atom is -0.291 e. The third-order valence-electron chi connectivity index (χ3n) is 1.20. The molecule has 1 aromatic carbocycles. The number of hydrogen-bond donors (Lipinski definition) is 1. The van der Waals surface area contributed by atoms with Crippen molar-refractivity contribution < 1.29 is 4.79 Å². The van der Waals surface area contributed by atoms with Gasteiger partial charge in [0.25, 0.3) is 0 Å². The van der Waals surface area contributed by atoms with Gasteiger partial charge in [-0.05, 0) is 17.5 Å². The zero-order valence-corrected chi connectivity index (χ0v) is 6.73. The first-order chi connectivity index (χ1) is 5.43. The lowest BCUT2D eigenvalue weighted by Crippen LogP contribution is -1.97. The van der Waals surface area contributed by atoms with E-state index in [0.29, 0.717) is 0 Å². The monoisotopic (exact) mass is 166 g/mol. The SMILES string of the molecule is O=[C]NSCc1ccccc1. The molecule has 0 heterocycles. The third-order valence-corrected chi connectivity index (χ3v) is 1.90. The molecule has 0 aliphatic rings. The van der Waals surface area contributed by atoms with Crippen LogP contribution < -0.4 is 4.72 Å². The summed E-state index contributed by atoms with van der Waals surface area (Å²) in [5, 5.41) is 0. The quantitative estimate of drug-likeness (QED) is 0.417. The predicted molar refractivity (Wildman–Crippen MR) is 46.6 cm³/mol. The van der Waals surface area contributed by atoms with Crippen molar-refractivity contribution in [2.24, 2.45) is 0 Å². The summed E-state index contributed by atoms with van der Waals surface area (Å²) in [7, 11) is 0. The molecule has 1 aromatic rings. The molecule has 0 bridgehead atoms. The Labute approximate surface area is 70.1 Å². The zero-order chi connectivity index (χ0) is 7.94. The van der Waals surface area contributed by atoms with Crippen LogP contribution >= 0.6 is 11.9 Å². The van der Waals surface area contributed by atoms with Crippen molar-refractivity contribution in [3.8, 4) is 0 Å². The van der Waals surface area contributed by atoms with Crippen LogP contribution in [-0.4, -0.2) is 6.41 Å². The predicted octanol–water partition coefficient (Wildman–Crippen LogP) is 1.49. The van der Waals surface area contributed by atoms with Gasteiger partial charge in [0.15, 0.2) is 0 Å². The molecule has 0 aliphatic heterocycles. The number of benzene rings is 1. The van der Waals surface area contributed by atoms with Crippen molar-refractivity contribution in [2.45, 2.75) is 5.75 Å². The van der Waals surface area contributed by atoms with E-state index in [1.54, 1.807) is 6.41 Å². The van der Waals surface area contributed by atoms with Gasteiger partial charge >= 0.3 is 6.41 Å². The Bertz CT molecular complexity index is 213. The van der Waals surface area contributed by atoms with Gasteiger partial charge in [-0.2, -0.15) is 0 Å². The molecule has 0 spiro atoms. The normalized spacial score (nSPS) is 9.09. The first-order valence-electron chi connectivity index (χ1n) is 3.21. The maximum atomic E-state index is 9.74. The van der Waals surface area contributed by atoms with Crippen LogP contribution in [0.2, 0.25) is 0 Å². The second-order valence-corrected chi connectivity index (χ2v) is 2.76. The number of nitrogens with one attached hydrogen (secondary N) is 1. The number of amides is 1. The molecule has 0 fully saturated rings. The lowest BCUT2D eigenvalue weighted by Gasteiger charge is -1.96. The van der Waals surface area contributed by atoms with E-state index in [0.717, 1.165) is 5.75 Å². The minimum atomic E-state index is 0.788. The van der Waals surface area contributed by atoms with Gasteiger partial charge in [0.05, 0.1) is 0 Å². The Morgan fingerprint density at radius 1 is 1.36 bits per heavy atom. The summed E-state index contributed by atoms with van der Waals surface area (Å²) in [5.74, 6) is 0.788. The molecule has 1 amide bonds. The number of hydrogen-bond acceptors (Lipinski definition) is 2. The van der Waals surface area contributed by atoms with E-state index in [4.69, 9.17) is 0 Å². The van der Waals surface area contributed by atoms with E-state index >= 15 is 0 Å². The number of rotatable bonds is 4. The Morgan fingerprint density at radius 3 is 2.73 bits per heavy atom. The van der Waals surface area contributed by atoms with Crippen molar-refractivity contribution in [3.63, 3.8) is 0 Å². The Kier molecular flexibility index (Phi) is 3.55. The van der Waals surface area contributed by atoms with Crippen LogP contribution in [0.4, 0.5) is 0 Å².